The SMILES string of the molecule is CCC(C)C(C)OC1OC(COC2(C(=O)O)CC(O)C(NC(C)=O)C(C(O)C(O)Cn3nnc4c3-c3ccccc3CN(C(=O)CCNC(=O)CSCCC(=O)N(C)C(C)C(=O)OC3CC(=O)N(C)c5cc(cc(OC)c5Cl)CC(C)=CC=CC(OC)C5(O)CC(OC(=O)N5)C5(C)CC3(C)O5)c3ccccc3-4)O2)C(O)C(O)C1O. The highest BCUT2D eigenvalue weighted by Crippen LogP contribution is 2.51. The lowest BCUT2D eigenvalue weighted by Crippen LogP contribution is -2.72. The van der Waals surface area contributed by atoms with Crippen molar-refractivity contribution in [1.29, 1.82) is 0 Å². The van der Waals surface area contributed by atoms with Crippen LogP contribution in [-0.4, -0.2) is 276 Å². The number of nitrogens with zero attached hydrogens (tertiary/aromatic N) is 6. The number of allylic oxidation sites excluding steroid dienone is 3. The molecule has 4 fully saturated rings. The molecule has 20 atom stereocenters. The Kier molecular flexibility index (Phi) is 28.5. The van der Waals surface area contributed by atoms with Gasteiger partial charge in [-0.1, -0.05) is 103 Å². The summed E-state index contributed by atoms with van der Waals surface area (Å²) < 4.78 is 54.8. The quantitative estimate of drug-likeness (QED) is 0.0317. The van der Waals surface area contributed by atoms with Crippen LogP contribution in [0.5, 0.6) is 5.75 Å². The van der Waals surface area contributed by atoms with Crippen LogP contribution in [0.15, 0.2) is 84.5 Å². The zero-order chi connectivity index (χ0) is 83.2. The Hall–Kier alpha value is -8.24. The highest BCUT2D eigenvalue weighted by atomic mass is 35.5. The number of carboxylic acids is 1. The fourth-order valence-electron chi connectivity index (χ4n) is 15.2. The largest absolute Gasteiger partial charge is 0.495 e. The second-order valence-corrected chi connectivity index (χ2v) is 31.9. The minimum absolute atomic E-state index is 0.0207. The molecule has 114 heavy (non-hydrogen) atoms. The molecule has 34 nitrogen and oxygen atoms in total. The lowest BCUT2D eigenvalue weighted by Gasteiger charge is -2.59. The van der Waals surface area contributed by atoms with Crippen LogP contribution in [0.2, 0.25) is 5.02 Å². The summed E-state index contributed by atoms with van der Waals surface area (Å²) in [5.41, 5.74) is -0.235. The van der Waals surface area contributed by atoms with Crippen LogP contribution in [-0.2, 0) is 91.0 Å². The number of amides is 6. The van der Waals surface area contributed by atoms with E-state index in [9.17, 15) is 79.2 Å². The fraction of sp³-hybridized carbons (Fsp3) is 0.590. The number of para-hydroxylation sites is 1. The van der Waals surface area contributed by atoms with Gasteiger partial charge in [-0.3, -0.25) is 29.3 Å². The predicted molar refractivity (Wildman–Crippen MR) is 411 cm³/mol. The summed E-state index contributed by atoms with van der Waals surface area (Å²) in [6.45, 7) is 11.8. The highest BCUT2D eigenvalue weighted by Gasteiger charge is 2.64. The van der Waals surface area contributed by atoms with E-state index in [0.29, 0.717) is 52.4 Å². The molecule has 4 aromatic rings. The average Bonchev–Trinajstić information content (AvgIpc) is 1.18. The molecule has 6 amide bonds. The van der Waals surface area contributed by atoms with E-state index in [-0.39, 0.29) is 66.9 Å². The Bertz CT molecular complexity index is 4240. The number of benzene rings is 3. The van der Waals surface area contributed by atoms with Crippen LogP contribution in [0, 0.1) is 5.92 Å². The van der Waals surface area contributed by atoms with Crippen molar-refractivity contribution in [1.82, 2.24) is 35.8 Å². The number of aliphatic hydroxyl groups is 7. The first-order valence-corrected chi connectivity index (χ1v) is 39.3. The molecule has 3 aromatic carbocycles. The van der Waals surface area contributed by atoms with E-state index in [1.165, 1.54) is 54.6 Å². The van der Waals surface area contributed by atoms with Gasteiger partial charge in [0.15, 0.2) is 12.0 Å². The monoisotopic (exact) mass is 1630 g/mol. The summed E-state index contributed by atoms with van der Waals surface area (Å²) in [6.07, 6.45) is -16.6. The minimum Gasteiger partial charge on any atom is -0.495 e. The average molecular weight is 1640 g/mol. The molecule has 0 radical (unpaired) electrons. The van der Waals surface area contributed by atoms with Crippen LogP contribution in [0.3, 0.4) is 0 Å². The molecule has 0 aliphatic carbocycles. The van der Waals surface area contributed by atoms with Gasteiger partial charge in [0, 0.05) is 83.7 Å². The van der Waals surface area contributed by atoms with Crippen molar-refractivity contribution >= 4 is 82.3 Å². The number of aliphatic hydroxyl groups excluding tert-OH is 6. The number of esters is 1. The maximum Gasteiger partial charge on any atom is 0.409 e. The van der Waals surface area contributed by atoms with Crippen LogP contribution < -0.4 is 30.5 Å². The maximum atomic E-state index is 14.5. The first-order chi connectivity index (χ1) is 53.9. The van der Waals surface area contributed by atoms with Gasteiger partial charge in [0.1, 0.15) is 94.7 Å². The number of aliphatic carboxylic acids is 1. The third-order valence-electron chi connectivity index (χ3n) is 22.2. The summed E-state index contributed by atoms with van der Waals surface area (Å²) in [5.74, 6) is -7.78. The second kappa shape index (κ2) is 36.9. The van der Waals surface area contributed by atoms with E-state index in [1.54, 1.807) is 93.6 Å². The van der Waals surface area contributed by atoms with Gasteiger partial charge in [-0.05, 0) is 76.3 Å². The summed E-state index contributed by atoms with van der Waals surface area (Å²) in [5, 5.41) is 108. The Labute approximate surface area is 668 Å². The molecule has 0 spiro atoms. The van der Waals surface area contributed by atoms with Crippen molar-refractivity contribution in [3.8, 4) is 28.3 Å². The van der Waals surface area contributed by atoms with Crippen molar-refractivity contribution in [2.45, 2.75) is 234 Å². The highest BCUT2D eigenvalue weighted by molar-refractivity contribution is 7.99. The summed E-state index contributed by atoms with van der Waals surface area (Å²) in [7, 11) is 5.78. The lowest BCUT2D eigenvalue weighted by molar-refractivity contribution is -0.343. The van der Waals surface area contributed by atoms with Crippen LogP contribution in [0.1, 0.15) is 111 Å². The molecule has 624 valence electrons. The number of ether oxygens (including phenoxy) is 9. The summed E-state index contributed by atoms with van der Waals surface area (Å²) in [6, 6.07) is 14.6. The molecular weight excluding hydrogens is 1530 g/mol. The number of alkyl carbamates (subject to hydrolysis) is 1. The Morgan fingerprint density at radius 1 is 0.930 bits per heavy atom. The molecule has 8 heterocycles. The van der Waals surface area contributed by atoms with E-state index in [0.717, 1.165) is 29.8 Å². The second-order valence-electron chi connectivity index (χ2n) is 30.5. The van der Waals surface area contributed by atoms with E-state index in [1.807, 2.05) is 26.8 Å². The van der Waals surface area contributed by atoms with E-state index < -0.39 is 188 Å². The van der Waals surface area contributed by atoms with Crippen molar-refractivity contribution in [2.24, 2.45) is 5.92 Å². The first kappa shape index (κ1) is 88.1. The molecule has 11 N–H and O–H groups in total. The molecule has 1 aromatic heterocycles. The smallest absolute Gasteiger partial charge is 0.409 e. The van der Waals surface area contributed by atoms with Gasteiger partial charge in [0.05, 0.1) is 74.3 Å². The number of methoxy groups -OCH3 is 2. The van der Waals surface area contributed by atoms with E-state index in [2.05, 4.69) is 26.3 Å². The summed E-state index contributed by atoms with van der Waals surface area (Å²) in [4.78, 5) is 114. The number of fused-ring (bicyclic) bond motifs is 11. The lowest BCUT2D eigenvalue weighted by atomic mass is 9.72. The van der Waals surface area contributed by atoms with Crippen LogP contribution in [0.25, 0.3) is 22.5 Å². The number of rotatable bonds is 26. The van der Waals surface area contributed by atoms with Gasteiger partial charge in [-0.25, -0.2) is 19.1 Å². The molecule has 36 heteroatoms. The van der Waals surface area contributed by atoms with Crippen molar-refractivity contribution in [3.63, 3.8) is 0 Å². The van der Waals surface area contributed by atoms with Gasteiger partial charge in [0.25, 0.3) is 5.79 Å². The van der Waals surface area contributed by atoms with Gasteiger partial charge in [-0.2, -0.15) is 11.8 Å². The van der Waals surface area contributed by atoms with Gasteiger partial charge in [0.2, 0.25) is 29.5 Å². The van der Waals surface area contributed by atoms with E-state index in [4.69, 9.17) is 54.2 Å². The zero-order valence-electron chi connectivity index (χ0n) is 65.6. The number of hydrogen-bond donors (Lipinski definition) is 11. The van der Waals surface area contributed by atoms with Gasteiger partial charge >= 0.3 is 18.0 Å². The standard InChI is InChI=1S/C78H104ClN9O25S/c1-13-41(3)43(5)108-72-69(99)68(98)67(97)54(109-72)37-107-78(73(101)102)33-51(90)64(81-44(6)89)70(112-78)66(96)52(91)36-88-65-47-21-15-14-20-46(47)35-87(49-23-17-16-22-48(49)63(65)83-84-88)60(94)25-27-80-58(92)38-114-28-26-59(93)85(9)42(4)71(100)110-56-32-61(95)86(10)50-30-45(31-53(105-11)62(50)79)29-40(2)19-18-24-55(106-12)77(104)34-57(111-74(103)82-77)76(8)39-75(56,7)113-76/h14-24,30-31,41-43,51-52,54-57,64,66-70,72,90-91,96-99,104H,13,25-29,32-39H2,1-12H3,(H,80,92)(H,81,89)(H,82,103)(H,101,102). The van der Waals surface area contributed by atoms with Crippen LogP contribution >= 0.6 is 23.4 Å². The number of hydrogen-bond acceptors (Lipinski definition) is 27. The Balaban J connectivity index is 0.757. The van der Waals surface area contributed by atoms with Gasteiger partial charge in [-0.15, -0.1) is 5.10 Å². The molecule has 20 unspecified atom stereocenters. The van der Waals surface area contributed by atoms with Crippen molar-refractivity contribution in [2.75, 3.05) is 62.8 Å². The number of thioether (sulfide) groups is 1. The van der Waals surface area contributed by atoms with E-state index >= 15 is 0 Å². The first-order valence-electron chi connectivity index (χ1n) is 37.7. The number of likely N-dealkylation sites (N-methyl/N-ethyl adjacent to an activating group) is 1. The normalized spacial score (nSPS) is 29.6. The maximum absolute atomic E-state index is 14.5. The van der Waals surface area contributed by atoms with Crippen LogP contribution in [0.4, 0.5) is 16.2 Å². The molecule has 6 bridgehead atoms. The number of halogens is 1. The number of carbonyl (C=O) groups excluding carboxylic acids is 7. The fourth-order valence-corrected chi connectivity index (χ4v) is 16.3. The van der Waals surface area contributed by atoms with Crippen molar-refractivity contribution < 1.29 is 122 Å². The van der Waals surface area contributed by atoms with Crippen molar-refractivity contribution in [3.05, 3.63) is 101 Å². The minimum atomic E-state index is -2.85. The summed E-state index contributed by atoms with van der Waals surface area (Å²) >= 11 is 8.01. The predicted octanol–water partition coefficient (Wildman–Crippen LogP) is 3.19. The van der Waals surface area contributed by atoms with Gasteiger partial charge < -0.3 is 109 Å². The number of anilines is 2. The molecule has 7 aliphatic rings. The molecule has 0 saturated carbocycles. The number of carboxylic acid groups (broad SMARTS) is 1. The Morgan fingerprint density at radius 2 is 1.63 bits per heavy atom. The topological polar surface area (TPSA) is 458 Å². The molecule has 4 saturated heterocycles. The molecule has 7 aliphatic heterocycles. The zero-order valence-corrected chi connectivity index (χ0v) is 67.2. The third kappa shape index (κ3) is 19.4. The number of aromatic nitrogens is 3. The number of nitrogens with one attached hydrogen (secondary N) is 3. The number of carbonyl (C=O) groups is 8. The molecule has 11 rings (SSSR count). The Morgan fingerprint density at radius 3 is 2.32 bits per heavy atom. The third-order valence-corrected chi connectivity index (χ3v) is 23.5. The molecular formula is C78H104ClN9O25S.